The molecule has 21 heavy (non-hydrogen) atoms. The molecular weight excluding hydrogens is 261 g/mol. The quantitative estimate of drug-likeness (QED) is 0.820. The number of rotatable bonds is 5. The average molecular weight is 283 g/mol. The fourth-order valence-corrected chi connectivity index (χ4v) is 2.82. The van der Waals surface area contributed by atoms with Gasteiger partial charge < -0.3 is 5.32 Å². The zero-order valence-corrected chi connectivity index (χ0v) is 12.6. The Morgan fingerprint density at radius 3 is 2.10 bits per heavy atom. The Bertz CT molecular complexity index is 584. The van der Waals surface area contributed by atoms with Crippen LogP contribution in [0, 0.1) is 18.7 Å². The van der Waals surface area contributed by atoms with Crippen molar-refractivity contribution in [2.75, 3.05) is 0 Å². The minimum absolute atomic E-state index is 0.178. The first kappa shape index (κ1) is 14.3. The number of nitrogens with one attached hydrogen (secondary N) is 1. The van der Waals surface area contributed by atoms with E-state index in [1.165, 1.54) is 36.1 Å². The molecule has 0 spiro atoms. The maximum absolute atomic E-state index is 13.0. The van der Waals surface area contributed by atoms with E-state index in [0.29, 0.717) is 6.04 Å². The average Bonchev–Trinajstić information content (AvgIpc) is 3.31. The van der Waals surface area contributed by atoms with Crippen LogP contribution in [0.3, 0.4) is 0 Å². The lowest BCUT2D eigenvalue weighted by Gasteiger charge is -2.24. The molecule has 0 aliphatic heterocycles. The predicted molar refractivity (Wildman–Crippen MR) is 84.6 cm³/mol. The number of halogens is 1. The van der Waals surface area contributed by atoms with Crippen molar-refractivity contribution in [1.82, 2.24) is 5.32 Å². The zero-order chi connectivity index (χ0) is 14.8. The van der Waals surface area contributed by atoms with Crippen LogP contribution in [0.25, 0.3) is 0 Å². The van der Waals surface area contributed by atoms with Gasteiger partial charge in [0.25, 0.3) is 0 Å². The number of benzene rings is 2. The van der Waals surface area contributed by atoms with Gasteiger partial charge in [0.15, 0.2) is 0 Å². The van der Waals surface area contributed by atoms with E-state index < -0.39 is 0 Å². The second kappa shape index (κ2) is 5.98. The SMILES string of the molecule is Cc1ccc(C(NC(C)c2ccc(F)cc2)C2CC2)cc1. The van der Waals surface area contributed by atoms with Crippen LogP contribution >= 0.6 is 0 Å². The Hall–Kier alpha value is -1.67. The van der Waals surface area contributed by atoms with Crippen molar-refractivity contribution in [1.29, 1.82) is 0 Å². The van der Waals surface area contributed by atoms with Crippen molar-refractivity contribution in [2.45, 2.75) is 38.8 Å². The number of hydrogen-bond donors (Lipinski definition) is 1. The Morgan fingerprint density at radius 2 is 1.52 bits per heavy atom. The summed E-state index contributed by atoms with van der Waals surface area (Å²) < 4.78 is 13.0. The zero-order valence-electron chi connectivity index (χ0n) is 12.6. The van der Waals surface area contributed by atoms with Crippen LogP contribution in [0.5, 0.6) is 0 Å². The molecule has 1 aliphatic carbocycles. The second-order valence-corrected chi connectivity index (χ2v) is 6.17. The van der Waals surface area contributed by atoms with Crippen LogP contribution < -0.4 is 5.32 Å². The first-order chi connectivity index (χ1) is 10.1. The van der Waals surface area contributed by atoms with Crippen molar-refractivity contribution >= 4 is 0 Å². The first-order valence-corrected chi connectivity index (χ1v) is 7.71. The molecule has 0 saturated heterocycles. The summed E-state index contributed by atoms with van der Waals surface area (Å²) in [4.78, 5) is 0. The first-order valence-electron chi connectivity index (χ1n) is 7.71. The molecule has 2 aromatic rings. The molecule has 1 N–H and O–H groups in total. The molecule has 1 aliphatic rings. The van der Waals surface area contributed by atoms with Gasteiger partial charge in [-0.1, -0.05) is 42.0 Å². The topological polar surface area (TPSA) is 12.0 Å². The highest BCUT2D eigenvalue weighted by atomic mass is 19.1. The van der Waals surface area contributed by atoms with Crippen molar-refractivity contribution < 1.29 is 4.39 Å². The normalized spacial score (nSPS) is 17.5. The summed E-state index contributed by atoms with van der Waals surface area (Å²) in [6, 6.07) is 16.2. The van der Waals surface area contributed by atoms with E-state index in [0.717, 1.165) is 11.5 Å². The van der Waals surface area contributed by atoms with E-state index in [9.17, 15) is 4.39 Å². The molecule has 0 heterocycles. The summed E-state index contributed by atoms with van der Waals surface area (Å²) in [7, 11) is 0. The molecule has 0 aromatic heterocycles. The fourth-order valence-electron chi connectivity index (χ4n) is 2.82. The van der Waals surface area contributed by atoms with E-state index in [2.05, 4.69) is 43.4 Å². The highest BCUT2D eigenvalue weighted by Gasteiger charge is 2.33. The highest BCUT2D eigenvalue weighted by molar-refractivity contribution is 5.27. The molecule has 1 saturated carbocycles. The monoisotopic (exact) mass is 283 g/mol. The standard InChI is InChI=1S/C19H22FN/c1-13-3-5-16(6-4-13)19(17-7-8-17)21-14(2)15-9-11-18(20)12-10-15/h3-6,9-12,14,17,19,21H,7-8H2,1-2H3. The molecule has 2 heteroatoms. The Kier molecular flexibility index (Phi) is 4.07. The van der Waals surface area contributed by atoms with Crippen molar-refractivity contribution in [2.24, 2.45) is 5.92 Å². The summed E-state index contributed by atoms with van der Waals surface area (Å²) >= 11 is 0. The maximum Gasteiger partial charge on any atom is 0.123 e. The predicted octanol–water partition coefficient (Wildman–Crippen LogP) is 4.94. The van der Waals surface area contributed by atoms with Crippen LogP contribution in [-0.2, 0) is 0 Å². The van der Waals surface area contributed by atoms with Gasteiger partial charge in [-0.3, -0.25) is 0 Å². The Balaban J connectivity index is 1.76. The molecule has 0 bridgehead atoms. The van der Waals surface area contributed by atoms with Gasteiger partial charge in [0.2, 0.25) is 0 Å². The molecule has 2 atom stereocenters. The van der Waals surface area contributed by atoms with Crippen molar-refractivity contribution in [3.8, 4) is 0 Å². The second-order valence-electron chi connectivity index (χ2n) is 6.17. The van der Waals surface area contributed by atoms with Crippen molar-refractivity contribution in [3.05, 3.63) is 71.0 Å². The van der Waals surface area contributed by atoms with Gasteiger partial charge in [0, 0.05) is 12.1 Å². The lowest BCUT2D eigenvalue weighted by atomic mass is 9.98. The van der Waals surface area contributed by atoms with Gasteiger partial charge in [-0.15, -0.1) is 0 Å². The van der Waals surface area contributed by atoms with Crippen LogP contribution in [0.15, 0.2) is 48.5 Å². The molecule has 1 fully saturated rings. The van der Waals surface area contributed by atoms with Gasteiger partial charge in [-0.05, 0) is 55.9 Å². The minimum atomic E-state index is -0.178. The molecule has 3 rings (SSSR count). The lowest BCUT2D eigenvalue weighted by molar-refractivity contribution is 0.427. The summed E-state index contributed by atoms with van der Waals surface area (Å²) in [6.45, 7) is 4.27. The maximum atomic E-state index is 13.0. The summed E-state index contributed by atoms with van der Waals surface area (Å²) in [5, 5.41) is 3.73. The summed E-state index contributed by atoms with van der Waals surface area (Å²) in [6.07, 6.45) is 2.59. The van der Waals surface area contributed by atoms with Gasteiger partial charge in [0.05, 0.1) is 0 Å². The number of aryl methyl sites for hydroxylation is 1. The van der Waals surface area contributed by atoms with E-state index in [4.69, 9.17) is 0 Å². The van der Waals surface area contributed by atoms with E-state index >= 15 is 0 Å². The molecule has 110 valence electrons. The highest BCUT2D eigenvalue weighted by Crippen LogP contribution is 2.42. The van der Waals surface area contributed by atoms with Gasteiger partial charge in [-0.2, -0.15) is 0 Å². The van der Waals surface area contributed by atoms with Crippen LogP contribution in [0.2, 0.25) is 0 Å². The van der Waals surface area contributed by atoms with E-state index in [1.807, 2.05) is 12.1 Å². The third kappa shape index (κ3) is 3.51. The molecule has 1 nitrogen and oxygen atoms in total. The third-order valence-corrected chi connectivity index (χ3v) is 4.33. The molecular formula is C19H22FN. The van der Waals surface area contributed by atoms with E-state index in [-0.39, 0.29) is 11.9 Å². The van der Waals surface area contributed by atoms with Gasteiger partial charge in [0.1, 0.15) is 5.82 Å². The smallest absolute Gasteiger partial charge is 0.123 e. The van der Waals surface area contributed by atoms with Gasteiger partial charge >= 0.3 is 0 Å². The van der Waals surface area contributed by atoms with Crippen molar-refractivity contribution in [3.63, 3.8) is 0 Å². The lowest BCUT2D eigenvalue weighted by Crippen LogP contribution is -2.26. The molecule has 0 amide bonds. The summed E-state index contributed by atoms with van der Waals surface area (Å²) in [5.41, 5.74) is 3.78. The fraction of sp³-hybridized carbons (Fsp3) is 0.368. The molecule has 2 unspecified atom stereocenters. The van der Waals surface area contributed by atoms with E-state index in [1.54, 1.807) is 0 Å². The van der Waals surface area contributed by atoms with Crippen LogP contribution in [0.4, 0.5) is 4.39 Å². The largest absolute Gasteiger partial charge is 0.303 e. The van der Waals surface area contributed by atoms with Gasteiger partial charge in [-0.25, -0.2) is 4.39 Å². The molecule has 0 radical (unpaired) electrons. The third-order valence-electron chi connectivity index (χ3n) is 4.33. The Labute approximate surface area is 126 Å². The van der Waals surface area contributed by atoms with Crippen LogP contribution in [0.1, 0.15) is 48.5 Å². The van der Waals surface area contributed by atoms with Crippen LogP contribution in [-0.4, -0.2) is 0 Å². The number of hydrogen-bond acceptors (Lipinski definition) is 1. The minimum Gasteiger partial charge on any atom is -0.303 e. The summed E-state index contributed by atoms with van der Waals surface area (Å²) in [5.74, 6) is 0.554. The molecule has 2 aromatic carbocycles. The Morgan fingerprint density at radius 1 is 0.952 bits per heavy atom.